The van der Waals surface area contributed by atoms with Gasteiger partial charge in [-0.05, 0) is 31.8 Å². The first-order valence-electron chi connectivity index (χ1n) is 6.07. The lowest BCUT2D eigenvalue weighted by atomic mass is 9.99. The molecule has 0 aliphatic carbocycles. The zero-order valence-corrected chi connectivity index (χ0v) is 10.5. The van der Waals surface area contributed by atoms with Gasteiger partial charge in [-0.15, -0.1) is 0 Å². The largest absolute Gasteiger partial charge is 0.494 e. The third kappa shape index (κ3) is 3.30. The van der Waals surface area contributed by atoms with E-state index in [4.69, 9.17) is 4.74 Å². The highest BCUT2D eigenvalue weighted by Crippen LogP contribution is 2.15. The number of ether oxygens (including phenoxy) is 1. The van der Waals surface area contributed by atoms with E-state index >= 15 is 0 Å². The maximum Gasteiger partial charge on any atom is 0.225 e. The van der Waals surface area contributed by atoms with Gasteiger partial charge in [0.25, 0.3) is 0 Å². The Morgan fingerprint density at radius 2 is 2.24 bits per heavy atom. The monoisotopic (exact) mass is 236 g/mol. The van der Waals surface area contributed by atoms with E-state index in [1.165, 1.54) is 12.8 Å². The second-order valence-electron chi connectivity index (χ2n) is 4.52. The summed E-state index contributed by atoms with van der Waals surface area (Å²) in [5, 5.41) is 3.42. The predicted octanol–water partition coefficient (Wildman–Crippen LogP) is 0.921. The molecule has 1 saturated heterocycles. The highest BCUT2D eigenvalue weighted by atomic mass is 16.5. The molecule has 0 radical (unpaired) electrons. The summed E-state index contributed by atoms with van der Waals surface area (Å²) in [5.74, 6) is 2.15. The number of aromatic nitrogens is 2. The Kier molecular flexibility index (Phi) is 4.14. The second-order valence-corrected chi connectivity index (χ2v) is 4.52. The van der Waals surface area contributed by atoms with Gasteiger partial charge in [0.2, 0.25) is 5.95 Å². The number of hydrogen-bond acceptors (Lipinski definition) is 5. The Bertz CT molecular complexity index is 335. The Labute approximate surface area is 102 Å². The van der Waals surface area contributed by atoms with Crippen LogP contribution in [0, 0.1) is 5.92 Å². The molecule has 1 fully saturated rings. The van der Waals surface area contributed by atoms with Crippen LogP contribution in [0.4, 0.5) is 5.95 Å². The molecule has 5 heteroatoms. The van der Waals surface area contributed by atoms with Crippen molar-refractivity contribution in [3.8, 4) is 5.75 Å². The molecule has 1 N–H and O–H groups in total. The van der Waals surface area contributed by atoms with E-state index in [9.17, 15) is 0 Å². The molecular weight excluding hydrogens is 216 g/mol. The van der Waals surface area contributed by atoms with Crippen molar-refractivity contribution >= 4 is 5.95 Å². The summed E-state index contributed by atoms with van der Waals surface area (Å²) in [4.78, 5) is 10.7. The zero-order chi connectivity index (χ0) is 12.1. The molecule has 2 rings (SSSR count). The second kappa shape index (κ2) is 5.82. The highest BCUT2D eigenvalue weighted by molar-refractivity contribution is 5.30. The van der Waals surface area contributed by atoms with Crippen LogP contribution in [0.25, 0.3) is 0 Å². The molecule has 17 heavy (non-hydrogen) atoms. The minimum absolute atomic E-state index is 0.694. The van der Waals surface area contributed by atoms with Gasteiger partial charge in [0.1, 0.15) is 0 Å². The van der Waals surface area contributed by atoms with Gasteiger partial charge in [-0.25, -0.2) is 9.97 Å². The molecule has 0 spiro atoms. The van der Waals surface area contributed by atoms with Crippen LogP contribution in [0.15, 0.2) is 12.4 Å². The molecule has 5 nitrogen and oxygen atoms in total. The van der Waals surface area contributed by atoms with Gasteiger partial charge in [0, 0.05) is 13.6 Å². The topological polar surface area (TPSA) is 50.3 Å². The summed E-state index contributed by atoms with van der Waals surface area (Å²) in [5.41, 5.74) is 0. The first kappa shape index (κ1) is 12.1. The average Bonchev–Trinajstić information content (AvgIpc) is 2.40. The van der Waals surface area contributed by atoms with Crippen LogP contribution >= 0.6 is 0 Å². The summed E-state index contributed by atoms with van der Waals surface area (Å²) < 4.78 is 5.05. The van der Waals surface area contributed by atoms with Crippen LogP contribution in [0.1, 0.15) is 12.8 Å². The summed E-state index contributed by atoms with van der Waals surface area (Å²) >= 11 is 0. The Morgan fingerprint density at radius 3 is 2.82 bits per heavy atom. The van der Waals surface area contributed by atoms with Gasteiger partial charge in [-0.3, -0.25) is 0 Å². The molecular formula is C12H20N4O. The normalized spacial score (nSPS) is 20.0. The molecule has 94 valence electrons. The van der Waals surface area contributed by atoms with Crippen LogP contribution in [0.5, 0.6) is 5.75 Å². The molecule has 2 heterocycles. The molecule has 0 bridgehead atoms. The number of hydrogen-bond donors (Lipinski definition) is 1. The average molecular weight is 236 g/mol. The fourth-order valence-electron chi connectivity index (χ4n) is 2.16. The Balaban J connectivity index is 1.91. The summed E-state index contributed by atoms with van der Waals surface area (Å²) in [6.07, 6.45) is 5.96. The molecule has 0 saturated carbocycles. The van der Waals surface area contributed by atoms with E-state index in [0.717, 1.165) is 25.6 Å². The number of rotatable bonds is 4. The van der Waals surface area contributed by atoms with Crippen LogP contribution in [0.2, 0.25) is 0 Å². The number of nitrogens with one attached hydrogen (secondary N) is 1. The molecule has 1 aliphatic heterocycles. The van der Waals surface area contributed by atoms with E-state index < -0.39 is 0 Å². The van der Waals surface area contributed by atoms with Crippen molar-refractivity contribution in [1.29, 1.82) is 0 Å². The Hall–Kier alpha value is -1.36. The molecule has 1 aromatic heterocycles. The summed E-state index contributed by atoms with van der Waals surface area (Å²) in [6, 6.07) is 0. The fraction of sp³-hybridized carbons (Fsp3) is 0.667. The minimum atomic E-state index is 0.694. The van der Waals surface area contributed by atoms with Gasteiger partial charge in [-0.2, -0.15) is 0 Å². The molecule has 0 amide bonds. The molecule has 0 aromatic carbocycles. The van der Waals surface area contributed by atoms with Gasteiger partial charge >= 0.3 is 0 Å². The van der Waals surface area contributed by atoms with Crippen molar-refractivity contribution in [3.63, 3.8) is 0 Å². The third-order valence-electron chi connectivity index (χ3n) is 3.12. The lowest BCUT2D eigenvalue weighted by Crippen LogP contribution is -2.37. The minimum Gasteiger partial charge on any atom is -0.494 e. The molecule has 1 aliphatic rings. The van der Waals surface area contributed by atoms with Crippen LogP contribution < -0.4 is 15.0 Å². The first-order chi connectivity index (χ1) is 8.29. The lowest BCUT2D eigenvalue weighted by molar-refractivity contribution is 0.379. The Morgan fingerprint density at radius 1 is 1.47 bits per heavy atom. The van der Waals surface area contributed by atoms with E-state index in [1.54, 1.807) is 19.5 Å². The van der Waals surface area contributed by atoms with E-state index in [2.05, 4.69) is 20.2 Å². The lowest BCUT2D eigenvalue weighted by Gasteiger charge is -2.27. The smallest absolute Gasteiger partial charge is 0.225 e. The molecule has 1 aromatic rings. The van der Waals surface area contributed by atoms with Crippen molar-refractivity contribution in [2.24, 2.45) is 5.92 Å². The van der Waals surface area contributed by atoms with Gasteiger partial charge in [0.05, 0.1) is 19.5 Å². The number of anilines is 1. The number of methoxy groups -OCH3 is 1. The zero-order valence-electron chi connectivity index (χ0n) is 10.5. The van der Waals surface area contributed by atoms with Crippen molar-refractivity contribution in [1.82, 2.24) is 15.3 Å². The maximum atomic E-state index is 5.05. The SMILES string of the molecule is COc1cnc(N(C)CC2CCCNC2)nc1. The van der Waals surface area contributed by atoms with Crippen LogP contribution in [-0.2, 0) is 0 Å². The standard InChI is InChI=1S/C12H20N4O/c1-16(9-10-4-3-5-13-6-10)12-14-7-11(17-2)8-15-12/h7-8,10,13H,3-6,9H2,1-2H3. The van der Waals surface area contributed by atoms with E-state index in [1.807, 2.05) is 7.05 Å². The number of nitrogens with zero attached hydrogens (tertiary/aromatic N) is 3. The van der Waals surface area contributed by atoms with Crippen molar-refractivity contribution in [3.05, 3.63) is 12.4 Å². The molecule has 1 atom stereocenters. The van der Waals surface area contributed by atoms with E-state index in [-0.39, 0.29) is 0 Å². The predicted molar refractivity (Wildman–Crippen MR) is 67.4 cm³/mol. The van der Waals surface area contributed by atoms with Crippen LogP contribution in [0.3, 0.4) is 0 Å². The third-order valence-corrected chi connectivity index (χ3v) is 3.12. The fourth-order valence-corrected chi connectivity index (χ4v) is 2.16. The molecule has 1 unspecified atom stereocenters. The first-order valence-corrected chi connectivity index (χ1v) is 6.07. The number of piperidine rings is 1. The summed E-state index contributed by atoms with van der Waals surface area (Å²) in [6.45, 7) is 3.25. The summed E-state index contributed by atoms with van der Waals surface area (Å²) in [7, 11) is 3.66. The highest BCUT2D eigenvalue weighted by Gasteiger charge is 2.16. The van der Waals surface area contributed by atoms with Gasteiger partial charge in [0.15, 0.2) is 5.75 Å². The maximum absolute atomic E-state index is 5.05. The van der Waals surface area contributed by atoms with Gasteiger partial charge in [-0.1, -0.05) is 0 Å². The van der Waals surface area contributed by atoms with Crippen molar-refractivity contribution in [2.75, 3.05) is 38.7 Å². The van der Waals surface area contributed by atoms with Crippen molar-refractivity contribution in [2.45, 2.75) is 12.8 Å². The van der Waals surface area contributed by atoms with Crippen LogP contribution in [-0.4, -0.2) is 43.8 Å². The van der Waals surface area contributed by atoms with Gasteiger partial charge < -0.3 is 15.0 Å². The van der Waals surface area contributed by atoms with E-state index in [0.29, 0.717) is 11.7 Å². The quantitative estimate of drug-likeness (QED) is 0.842. The van der Waals surface area contributed by atoms with Crippen molar-refractivity contribution < 1.29 is 4.74 Å².